The molecule has 6 nitrogen and oxygen atoms in total. The standard InChI is InChI=1S/C12H17N3O3/c1-3-4-14-11(17)8-15(2)12(18)9-5-10(16)7-13-6-9/h5-7,16H,3-4,8H2,1-2H3,(H,14,17). The van der Waals surface area contributed by atoms with Gasteiger partial charge in [-0.25, -0.2) is 0 Å². The van der Waals surface area contributed by atoms with E-state index in [0.29, 0.717) is 6.54 Å². The summed E-state index contributed by atoms with van der Waals surface area (Å²) in [5, 5.41) is 11.9. The van der Waals surface area contributed by atoms with Crippen molar-refractivity contribution < 1.29 is 14.7 Å². The molecule has 0 aromatic carbocycles. The summed E-state index contributed by atoms with van der Waals surface area (Å²) in [4.78, 5) is 28.3. The molecule has 0 aliphatic rings. The fraction of sp³-hybridized carbons (Fsp3) is 0.417. The first-order chi connectivity index (χ1) is 8.54. The quantitative estimate of drug-likeness (QED) is 0.792. The third kappa shape index (κ3) is 4.04. The zero-order valence-electron chi connectivity index (χ0n) is 10.5. The average Bonchev–Trinajstić information content (AvgIpc) is 2.35. The van der Waals surface area contributed by atoms with Crippen molar-refractivity contribution in [2.24, 2.45) is 0 Å². The fourth-order valence-electron chi connectivity index (χ4n) is 1.37. The smallest absolute Gasteiger partial charge is 0.255 e. The van der Waals surface area contributed by atoms with Crippen LogP contribution < -0.4 is 5.32 Å². The van der Waals surface area contributed by atoms with Crippen LogP contribution in [0.5, 0.6) is 5.75 Å². The third-order valence-electron chi connectivity index (χ3n) is 2.27. The van der Waals surface area contributed by atoms with Crippen molar-refractivity contribution in [1.29, 1.82) is 0 Å². The Morgan fingerprint density at radius 3 is 2.78 bits per heavy atom. The topological polar surface area (TPSA) is 82.5 Å². The minimum Gasteiger partial charge on any atom is -0.506 e. The summed E-state index contributed by atoms with van der Waals surface area (Å²) in [5.74, 6) is -0.643. The Hall–Kier alpha value is -2.11. The van der Waals surface area contributed by atoms with Crippen LogP contribution >= 0.6 is 0 Å². The van der Waals surface area contributed by atoms with Crippen molar-refractivity contribution in [3.63, 3.8) is 0 Å². The SMILES string of the molecule is CCCNC(=O)CN(C)C(=O)c1cncc(O)c1. The number of likely N-dealkylation sites (N-methyl/N-ethyl adjacent to an activating group) is 1. The van der Waals surface area contributed by atoms with Gasteiger partial charge in [0.05, 0.1) is 18.3 Å². The lowest BCUT2D eigenvalue weighted by atomic mass is 10.2. The summed E-state index contributed by atoms with van der Waals surface area (Å²) in [5.41, 5.74) is 0.251. The lowest BCUT2D eigenvalue weighted by Gasteiger charge is -2.16. The molecular formula is C12H17N3O3. The Kier molecular flexibility index (Phi) is 5.10. The van der Waals surface area contributed by atoms with Crippen molar-refractivity contribution in [3.8, 4) is 5.75 Å². The highest BCUT2D eigenvalue weighted by atomic mass is 16.3. The average molecular weight is 251 g/mol. The van der Waals surface area contributed by atoms with Crippen LogP contribution in [0.4, 0.5) is 0 Å². The predicted octanol–water partition coefficient (Wildman–Crippen LogP) is 0.385. The van der Waals surface area contributed by atoms with E-state index in [9.17, 15) is 14.7 Å². The van der Waals surface area contributed by atoms with Crippen molar-refractivity contribution in [3.05, 3.63) is 24.0 Å². The van der Waals surface area contributed by atoms with Crippen LogP contribution in [0, 0.1) is 0 Å². The summed E-state index contributed by atoms with van der Waals surface area (Å²) in [7, 11) is 1.53. The Morgan fingerprint density at radius 2 is 2.17 bits per heavy atom. The largest absolute Gasteiger partial charge is 0.506 e. The Labute approximate surface area is 106 Å². The maximum absolute atomic E-state index is 11.9. The lowest BCUT2D eigenvalue weighted by Crippen LogP contribution is -2.38. The summed E-state index contributed by atoms with van der Waals surface area (Å²) in [6, 6.07) is 1.32. The number of carbonyl (C=O) groups is 2. The molecule has 1 heterocycles. The molecule has 0 radical (unpaired) electrons. The molecule has 1 aromatic rings. The van der Waals surface area contributed by atoms with Crippen molar-refractivity contribution in [2.45, 2.75) is 13.3 Å². The molecule has 0 unspecified atom stereocenters. The van der Waals surface area contributed by atoms with Crippen molar-refractivity contribution in [2.75, 3.05) is 20.1 Å². The van der Waals surface area contributed by atoms with Crippen LogP contribution in [0.15, 0.2) is 18.5 Å². The van der Waals surface area contributed by atoms with Gasteiger partial charge >= 0.3 is 0 Å². The molecule has 6 heteroatoms. The van der Waals surface area contributed by atoms with E-state index in [4.69, 9.17) is 0 Å². The maximum Gasteiger partial charge on any atom is 0.255 e. The molecule has 0 aliphatic heterocycles. The second-order valence-electron chi connectivity index (χ2n) is 3.94. The normalized spacial score (nSPS) is 9.89. The molecule has 0 fully saturated rings. The van der Waals surface area contributed by atoms with Crippen LogP contribution in [0.25, 0.3) is 0 Å². The van der Waals surface area contributed by atoms with E-state index in [1.165, 1.54) is 30.4 Å². The van der Waals surface area contributed by atoms with E-state index < -0.39 is 0 Å². The second-order valence-corrected chi connectivity index (χ2v) is 3.94. The maximum atomic E-state index is 11.9. The van der Waals surface area contributed by atoms with Gasteiger partial charge in [-0.1, -0.05) is 6.92 Å². The number of nitrogens with one attached hydrogen (secondary N) is 1. The van der Waals surface area contributed by atoms with Gasteiger partial charge in [0.1, 0.15) is 5.75 Å². The molecule has 0 aliphatic carbocycles. The Balaban J connectivity index is 2.59. The fourth-order valence-corrected chi connectivity index (χ4v) is 1.37. The first-order valence-corrected chi connectivity index (χ1v) is 5.70. The van der Waals surface area contributed by atoms with Crippen LogP contribution in [-0.4, -0.2) is 46.9 Å². The van der Waals surface area contributed by atoms with Gasteiger partial charge < -0.3 is 15.3 Å². The number of pyridine rings is 1. The van der Waals surface area contributed by atoms with E-state index in [1.54, 1.807) is 0 Å². The molecule has 2 amide bonds. The number of hydrogen-bond acceptors (Lipinski definition) is 4. The molecule has 1 rings (SSSR count). The first kappa shape index (κ1) is 14.0. The van der Waals surface area contributed by atoms with Gasteiger partial charge in [0.25, 0.3) is 5.91 Å². The lowest BCUT2D eigenvalue weighted by molar-refractivity contribution is -0.121. The number of amides is 2. The molecule has 1 aromatic heterocycles. The first-order valence-electron chi connectivity index (χ1n) is 5.70. The summed E-state index contributed by atoms with van der Waals surface area (Å²) < 4.78 is 0. The van der Waals surface area contributed by atoms with Crippen molar-refractivity contribution >= 4 is 11.8 Å². The highest BCUT2D eigenvalue weighted by molar-refractivity contribution is 5.96. The van der Waals surface area contributed by atoms with E-state index in [1.807, 2.05) is 6.92 Å². The number of carbonyl (C=O) groups excluding carboxylic acids is 2. The molecule has 2 N–H and O–H groups in total. The number of aromatic nitrogens is 1. The van der Waals surface area contributed by atoms with Crippen LogP contribution in [0.3, 0.4) is 0 Å². The summed E-state index contributed by atoms with van der Waals surface area (Å²) >= 11 is 0. The zero-order chi connectivity index (χ0) is 13.5. The van der Waals surface area contributed by atoms with E-state index in [0.717, 1.165) is 6.42 Å². The number of nitrogens with zero attached hydrogens (tertiary/aromatic N) is 2. The highest BCUT2D eigenvalue weighted by Crippen LogP contribution is 2.10. The van der Waals surface area contributed by atoms with Crippen LogP contribution in [0.1, 0.15) is 23.7 Å². The molecule has 98 valence electrons. The highest BCUT2D eigenvalue weighted by Gasteiger charge is 2.15. The van der Waals surface area contributed by atoms with E-state index in [2.05, 4.69) is 10.3 Å². The van der Waals surface area contributed by atoms with Gasteiger partial charge in [0.15, 0.2) is 0 Å². The number of hydrogen-bond donors (Lipinski definition) is 2. The predicted molar refractivity (Wildman–Crippen MR) is 66.2 cm³/mol. The monoisotopic (exact) mass is 251 g/mol. The molecular weight excluding hydrogens is 234 g/mol. The van der Waals surface area contributed by atoms with Gasteiger partial charge in [-0.2, -0.15) is 0 Å². The van der Waals surface area contributed by atoms with Gasteiger partial charge in [-0.15, -0.1) is 0 Å². The van der Waals surface area contributed by atoms with Crippen LogP contribution in [0.2, 0.25) is 0 Å². The number of aromatic hydroxyl groups is 1. The van der Waals surface area contributed by atoms with E-state index in [-0.39, 0.29) is 29.7 Å². The molecule has 0 atom stereocenters. The van der Waals surface area contributed by atoms with Gasteiger partial charge in [-0.3, -0.25) is 14.6 Å². The van der Waals surface area contributed by atoms with Crippen molar-refractivity contribution in [1.82, 2.24) is 15.2 Å². The molecule has 0 bridgehead atoms. The summed E-state index contributed by atoms with van der Waals surface area (Å²) in [6.45, 7) is 2.52. The third-order valence-corrected chi connectivity index (χ3v) is 2.27. The Morgan fingerprint density at radius 1 is 1.44 bits per heavy atom. The molecule has 18 heavy (non-hydrogen) atoms. The minimum atomic E-state index is -0.356. The minimum absolute atomic E-state index is 0.0194. The second kappa shape index (κ2) is 6.58. The Bertz CT molecular complexity index is 434. The van der Waals surface area contributed by atoms with Gasteiger partial charge in [-0.05, 0) is 12.5 Å². The molecule has 0 spiro atoms. The zero-order valence-corrected chi connectivity index (χ0v) is 10.5. The van der Waals surface area contributed by atoms with Gasteiger partial charge in [0, 0.05) is 19.8 Å². The molecule has 0 saturated heterocycles. The summed E-state index contributed by atoms with van der Waals surface area (Å²) in [6.07, 6.45) is 3.44. The molecule has 0 saturated carbocycles. The van der Waals surface area contributed by atoms with E-state index >= 15 is 0 Å². The van der Waals surface area contributed by atoms with Crippen LogP contribution in [-0.2, 0) is 4.79 Å². The number of rotatable bonds is 5. The van der Waals surface area contributed by atoms with Gasteiger partial charge in [0.2, 0.25) is 5.91 Å².